The van der Waals surface area contributed by atoms with Gasteiger partial charge in [0.1, 0.15) is 11.4 Å². The Morgan fingerprint density at radius 2 is 2.05 bits per heavy atom. The lowest BCUT2D eigenvalue weighted by Gasteiger charge is -2.10. The first-order chi connectivity index (χ1) is 10.7. The highest BCUT2D eigenvalue weighted by atomic mass is 35.5. The van der Waals surface area contributed by atoms with E-state index in [9.17, 15) is 4.79 Å². The van der Waals surface area contributed by atoms with Gasteiger partial charge in [-0.3, -0.25) is 14.8 Å². The standard InChI is InChI=1S/C16H12ClN3O2/c1-22-12-7-10-3-2-5-19-15(10)13(9-12)20-16(21)14-8-11(17)4-6-18-14/h2-9H,1H3,(H,20,21). The second-order valence-electron chi connectivity index (χ2n) is 4.56. The van der Waals surface area contributed by atoms with Crippen molar-refractivity contribution in [1.29, 1.82) is 0 Å². The number of hydrogen-bond acceptors (Lipinski definition) is 4. The van der Waals surface area contributed by atoms with Crippen LogP contribution in [0, 0.1) is 0 Å². The van der Waals surface area contributed by atoms with Gasteiger partial charge in [0.15, 0.2) is 0 Å². The van der Waals surface area contributed by atoms with Crippen LogP contribution in [0.2, 0.25) is 5.02 Å². The predicted octanol–water partition coefficient (Wildman–Crippen LogP) is 3.54. The van der Waals surface area contributed by atoms with Crippen LogP contribution in [0.25, 0.3) is 10.9 Å². The van der Waals surface area contributed by atoms with Crippen molar-refractivity contribution in [1.82, 2.24) is 9.97 Å². The largest absolute Gasteiger partial charge is 0.497 e. The lowest BCUT2D eigenvalue weighted by atomic mass is 10.1. The third-order valence-corrected chi connectivity index (χ3v) is 3.35. The Hall–Kier alpha value is -2.66. The van der Waals surface area contributed by atoms with Crippen LogP contribution in [-0.2, 0) is 0 Å². The Balaban J connectivity index is 2.01. The number of aromatic nitrogens is 2. The Morgan fingerprint density at radius 3 is 2.82 bits per heavy atom. The summed E-state index contributed by atoms with van der Waals surface area (Å²) in [5.74, 6) is 0.276. The normalized spacial score (nSPS) is 10.5. The third kappa shape index (κ3) is 2.84. The summed E-state index contributed by atoms with van der Waals surface area (Å²) in [6.45, 7) is 0. The predicted molar refractivity (Wildman–Crippen MR) is 85.5 cm³/mol. The highest BCUT2D eigenvalue weighted by molar-refractivity contribution is 6.31. The summed E-state index contributed by atoms with van der Waals surface area (Å²) >= 11 is 5.88. The molecule has 5 nitrogen and oxygen atoms in total. The van der Waals surface area contributed by atoms with Crippen LogP contribution in [0.4, 0.5) is 5.69 Å². The fourth-order valence-corrected chi connectivity index (χ4v) is 2.25. The number of ether oxygens (including phenoxy) is 1. The first-order valence-electron chi connectivity index (χ1n) is 6.53. The van der Waals surface area contributed by atoms with Gasteiger partial charge in [0, 0.05) is 28.9 Å². The molecule has 0 fully saturated rings. The number of fused-ring (bicyclic) bond motifs is 1. The van der Waals surface area contributed by atoms with Gasteiger partial charge in [-0.15, -0.1) is 0 Å². The van der Waals surface area contributed by atoms with E-state index in [1.165, 1.54) is 12.3 Å². The minimum Gasteiger partial charge on any atom is -0.497 e. The molecule has 2 heterocycles. The maximum atomic E-state index is 12.3. The van der Waals surface area contributed by atoms with Crippen LogP contribution in [0.3, 0.4) is 0 Å². The Morgan fingerprint density at radius 1 is 1.18 bits per heavy atom. The lowest BCUT2D eigenvalue weighted by Crippen LogP contribution is -2.14. The Kier molecular flexibility index (Phi) is 3.89. The zero-order chi connectivity index (χ0) is 15.5. The van der Waals surface area contributed by atoms with Gasteiger partial charge in [-0.05, 0) is 24.3 Å². The summed E-state index contributed by atoms with van der Waals surface area (Å²) in [5.41, 5.74) is 1.47. The number of methoxy groups -OCH3 is 1. The maximum absolute atomic E-state index is 12.3. The maximum Gasteiger partial charge on any atom is 0.274 e. The zero-order valence-electron chi connectivity index (χ0n) is 11.7. The molecule has 22 heavy (non-hydrogen) atoms. The molecular formula is C16H12ClN3O2. The fourth-order valence-electron chi connectivity index (χ4n) is 2.09. The van der Waals surface area contributed by atoms with E-state index in [1.54, 1.807) is 25.4 Å². The minimum atomic E-state index is -0.359. The third-order valence-electron chi connectivity index (χ3n) is 3.12. The van der Waals surface area contributed by atoms with Gasteiger partial charge >= 0.3 is 0 Å². The molecule has 0 unspecified atom stereocenters. The SMILES string of the molecule is COc1cc(NC(=O)c2cc(Cl)ccn2)c2ncccc2c1. The van der Waals surface area contributed by atoms with E-state index in [0.717, 1.165) is 5.39 Å². The number of carbonyl (C=O) groups is 1. The van der Waals surface area contributed by atoms with Crippen molar-refractivity contribution in [3.8, 4) is 5.75 Å². The Labute approximate surface area is 131 Å². The molecule has 0 bridgehead atoms. The van der Waals surface area contributed by atoms with Crippen LogP contribution < -0.4 is 10.1 Å². The topological polar surface area (TPSA) is 64.1 Å². The number of carbonyl (C=O) groups excluding carboxylic acids is 1. The van der Waals surface area contributed by atoms with Crippen LogP contribution in [0.5, 0.6) is 5.75 Å². The van der Waals surface area contributed by atoms with Crippen molar-refractivity contribution >= 4 is 34.1 Å². The van der Waals surface area contributed by atoms with Gasteiger partial charge in [0.05, 0.1) is 18.3 Å². The fraction of sp³-hybridized carbons (Fsp3) is 0.0625. The molecular weight excluding hydrogens is 302 g/mol. The summed E-state index contributed by atoms with van der Waals surface area (Å²) in [4.78, 5) is 20.6. The van der Waals surface area contributed by atoms with Crippen molar-refractivity contribution in [3.05, 3.63) is 59.5 Å². The molecule has 6 heteroatoms. The van der Waals surface area contributed by atoms with E-state index < -0.39 is 0 Å². The van der Waals surface area contributed by atoms with Crippen LogP contribution in [0.15, 0.2) is 48.8 Å². The molecule has 110 valence electrons. The second kappa shape index (κ2) is 5.99. The van der Waals surface area contributed by atoms with E-state index in [2.05, 4.69) is 15.3 Å². The molecule has 3 aromatic rings. The van der Waals surface area contributed by atoms with Crippen molar-refractivity contribution < 1.29 is 9.53 Å². The Bertz CT molecular complexity index is 852. The van der Waals surface area contributed by atoms with Crippen molar-refractivity contribution in [2.75, 3.05) is 12.4 Å². The molecule has 0 radical (unpaired) electrons. The lowest BCUT2D eigenvalue weighted by molar-refractivity contribution is 0.102. The number of rotatable bonds is 3. The molecule has 2 aromatic heterocycles. The highest BCUT2D eigenvalue weighted by Gasteiger charge is 2.12. The van der Waals surface area contributed by atoms with E-state index in [1.807, 2.05) is 18.2 Å². The first-order valence-corrected chi connectivity index (χ1v) is 6.91. The van der Waals surface area contributed by atoms with Crippen LogP contribution in [0.1, 0.15) is 10.5 Å². The molecule has 3 rings (SSSR count). The van der Waals surface area contributed by atoms with Gasteiger partial charge in [0.2, 0.25) is 0 Å². The van der Waals surface area contributed by atoms with Crippen molar-refractivity contribution in [3.63, 3.8) is 0 Å². The van der Waals surface area contributed by atoms with Gasteiger partial charge in [0.25, 0.3) is 5.91 Å². The highest BCUT2D eigenvalue weighted by Crippen LogP contribution is 2.28. The van der Waals surface area contributed by atoms with Gasteiger partial charge in [-0.1, -0.05) is 17.7 Å². The zero-order valence-corrected chi connectivity index (χ0v) is 12.5. The number of nitrogens with one attached hydrogen (secondary N) is 1. The molecule has 1 aromatic carbocycles. The molecule has 0 atom stereocenters. The van der Waals surface area contributed by atoms with Gasteiger partial charge < -0.3 is 10.1 Å². The number of amides is 1. The van der Waals surface area contributed by atoms with Crippen LogP contribution in [-0.4, -0.2) is 23.0 Å². The molecule has 0 saturated heterocycles. The number of pyridine rings is 2. The minimum absolute atomic E-state index is 0.236. The molecule has 0 saturated carbocycles. The van der Waals surface area contributed by atoms with E-state index >= 15 is 0 Å². The summed E-state index contributed by atoms with van der Waals surface area (Å²) in [6, 6.07) is 10.4. The number of halogens is 1. The number of benzene rings is 1. The molecule has 0 aliphatic heterocycles. The van der Waals surface area contributed by atoms with Crippen LogP contribution >= 0.6 is 11.6 Å². The summed E-state index contributed by atoms with van der Waals surface area (Å²) in [5, 5.41) is 4.12. The smallest absolute Gasteiger partial charge is 0.274 e. The van der Waals surface area contributed by atoms with Crippen molar-refractivity contribution in [2.45, 2.75) is 0 Å². The summed E-state index contributed by atoms with van der Waals surface area (Å²) in [6.07, 6.45) is 3.15. The summed E-state index contributed by atoms with van der Waals surface area (Å²) < 4.78 is 5.25. The average molecular weight is 314 g/mol. The van der Waals surface area contributed by atoms with E-state index in [4.69, 9.17) is 16.3 Å². The van der Waals surface area contributed by atoms with Crippen molar-refractivity contribution in [2.24, 2.45) is 0 Å². The van der Waals surface area contributed by atoms with Gasteiger partial charge in [-0.2, -0.15) is 0 Å². The quantitative estimate of drug-likeness (QED) is 0.803. The summed E-state index contributed by atoms with van der Waals surface area (Å²) in [7, 11) is 1.57. The molecule has 0 spiro atoms. The number of nitrogens with zero attached hydrogens (tertiary/aromatic N) is 2. The molecule has 0 aliphatic carbocycles. The van der Waals surface area contributed by atoms with Gasteiger partial charge in [-0.25, -0.2) is 0 Å². The van der Waals surface area contributed by atoms with E-state index in [-0.39, 0.29) is 11.6 Å². The number of hydrogen-bond donors (Lipinski definition) is 1. The molecule has 1 N–H and O–H groups in total. The average Bonchev–Trinajstić information content (AvgIpc) is 2.54. The molecule has 1 amide bonds. The monoisotopic (exact) mass is 313 g/mol. The van der Waals surface area contributed by atoms with E-state index in [0.29, 0.717) is 22.0 Å². The number of anilines is 1. The molecule has 0 aliphatic rings. The first kappa shape index (κ1) is 14.3. The second-order valence-corrected chi connectivity index (χ2v) is 5.00.